The van der Waals surface area contributed by atoms with E-state index in [9.17, 15) is 9.90 Å². The quantitative estimate of drug-likeness (QED) is 0.821. The van der Waals surface area contributed by atoms with Gasteiger partial charge in [0.15, 0.2) is 0 Å². The van der Waals surface area contributed by atoms with Gasteiger partial charge in [-0.3, -0.25) is 15.0 Å². The van der Waals surface area contributed by atoms with E-state index in [1.165, 1.54) is 6.42 Å². The van der Waals surface area contributed by atoms with Crippen LogP contribution in [0.25, 0.3) is 0 Å². The van der Waals surface area contributed by atoms with Gasteiger partial charge in [-0.2, -0.15) is 0 Å². The van der Waals surface area contributed by atoms with Crippen molar-refractivity contribution in [3.8, 4) is 0 Å². The van der Waals surface area contributed by atoms with Crippen molar-refractivity contribution in [2.24, 2.45) is 0 Å². The third kappa shape index (κ3) is 3.76. The van der Waals surface area contributed by atoms with E-state index in [0.717, 1.165) is 38.9 Å². The van der Waals surface area contributed by atoms with Crippen molar-refractivity contribution < 1.29 is 9.90 Å². The van der Waals surface area contributed by atoms with Crippen LogP contribution in [0.4, 0.5) is 0 Å². The van der Waals surface area contributed by atoms with Crippen molar-refractivity contribution in [3.05, 3.63) is 0 Å². The van der Waals surface area contributed by atoms with Crippen molar-refractivity contribution in [2.45, 2.75) is 70.1 Å². The summed E-state index contributed by atoms with van der Waals surface area (Å²) in [5.74, 6) is -0.682. The lowest BCUT2D eigenvalue weighted by Crippen LogP contribution is -2.54. The molecule has 0 bridgehead atoms. The molecule has 2 aliphatic rings. The van der Waals surface area contributed by atoms with Gasteiger partial charge in [0, 0.05) is 24.7 Å². The maximum absolute atomic E-state index is 11.8. The Bertz CT molecular complexity index is 375. The zero-order valence-electron chi connectivity index (χ0n) is 13.9. The summed E-state index contributed by atoms with van der Waals surface area (Å²) in [6, 6.07) is 1.10. The summed E-state index contributed by atoms with van der Waals surface area (Å²) in [7, 11) is 2.18. The summed E-state index contributed by atoms with van der Waals surface area (Å²) < 4.78 is 0. The first-order valence-electron chi connectivity index (χ1n) is 8.29. The number of hydrogen-bond acceptors (Lipinski definition) is 4. The highest BCUT2D eigenvalue weighted by molar-refractivity contribution is 5.79. The van der Waals surface area contributed by atoms with E-state index in [4.69, 9.17) is 0 Å². The number of nitrogens with zero attached hydrogens (tertiary/aromatic N) is 2. The number of carboxylic acid groups (broad SMARTS) is 1. The van der Waals surface area contributed by atoms with Gasteiger partial charge in [-0.1, -0.05) is 0 Å². The molecule has 1 saturated heterocycles. The Morgan fingerprint density at radius 1 is 1.38 bits per heavy atom. The zero-order valence-corrected chi connectivity index (χ0v) is 13.9. The molecule has 0 aromatic heterocycles. The largest absolute Gasteiger partial charge is 0.480 e. The van der Waals surface area contributed by atoms with Crippen LogP contribution in [0.15, 0.2) is 0 Å². The number of carbonyl (C=O) groups is 1. The Labute approximate surface area is 128 Å². The summed E-state index contributed by atoms with van der Waals surface area (Å²) in [6.07, 6.45) is 3.63. The Hall–Kier alpha value is -0.650. The molecule has 3 atom stereocenters. The van der Waals surface area contributed by atoms with Crippen LogP contribution in [0.2, 0.25) is 0 Å². The highest BCUT2D eigenvalue weighted by atomic mass is 16.4. The van der Waals surface area contributed by atoms with E-state index < -0.39 is 11.5 Å². The van der Waals surface area contributed by atoms with Crippen LogP contribution in [0.1, 0.15) is 46.5 Å². The average molecular weight is 297 g/mol. The molecular weight excluding hydrogens is 266 g/mol. The van der Waals surface area contributed by atoms with Crippen molar-refractivity contribution in [1.82, 2.24) is 15.1 Å². The summed E-state index contributed by atoms with van der Waals surface area (Å²) in [5.41, 5.74) is -0.725. The molecule has 1 heterocycles. The number of carboxylic acids is 1. The summed E-state index contributed by atoms with van der Waals surface area (Å²) in [4.78, 5) is 16.7. The van der Waals surface area contributed by atoms with Crippen LogP contribution in [0, 0.1) is 0 Å². The summed E-state index contributed by atoms with van der Waals surface area (Å²) in [6.45, 7) is 9.64. The fourth-order valence-corrected chi connectivity index (χ4v) is 4.18. The average Bonchev–Trinajstić information content (AvgIpc) is 2.70. The minimum atomic E-state index is -0.725. The molecule has 0 aromatic carbocycles. The van der Waals surface area contributed by atoms with Gasteiger partial charge in [0.1, 0.15) is 5.54 Å². The molecule has 5 nitrogen and oxygen atoms in total. The van der Waals surface area contributed by atoms with Crippen LogP contribution in [0.5, 0.6) is 0 Å². The summed E-state index contributed by atoms with van der Waals surface area (Å²) in [5, 5.41) is 13.0. The number of likely N-dealkylation sites (N-methyl/N-ethyl adjacent to an activating group) is 1. The van der Waals surface area contributed by atoms with E-state index in [-0.39, 0.29) is 6.04 Å². The third-order valence-electron chi connectivity index (χ3n) is 5.03. The molecule has 5 heteroatoms. The van der Waals surface area contributed by atoms with Crippen LogP contribution in [-0.2, 0) is 4.79 Å². The monoisotopic (exact) mass is 297 g/mol. The van der Waals surface area contributed by atoms with Gasteiger partial charge in [0.05, 0.1) is 0 Å². The molecule has 2 fully saturated rings. The molecule has 1 saturated carbocycles. The fourth-order valence-electron chi connectivity index (χ4n) is 4.18. The van der Waals surface area contributed by atoms with E-state index >= 15 is 0 Å². The Kier molecular flexibility index (Phi) is 5.28. The molecule has 0 spiro atoms. The number of aliphatic carboxylic acids is 1. The topological polar surface area (TPSA) is 55.8 Å². The smallest absolute Gasteiger partial charge is 0.323 e. The van der Waals surface area contributed by atoms with Crippen molar-refractivity contribution in [3.63, 3.8) is 0 Å². The maximum Gasteiger partial charge on any atom is 0.323 e. The Balaban J connectivity index is 2.07. The molecule has 0 amide bonds. The van der Waals surface area contributed by atoms with Crippen LogP contribution in [-0.4, -0.2) is 71.2 Å². The molecule has 0 aromatic rings. The number of hydrogen-bond donors (Lipinski definition) is 2. The second kappa shape index (κ2) is 6.63. The molecule has 1 aliphatic heterocycles. The number of nitrogens with one attached hydrogen (secondary N) is 1. The Morgan fingerprint density at radius 3 is 2.71 bits per heavy atom. The van der Waals surface area contributed by atoms with E-state index in [1.54, 1.807) is 0 Å². The van der Waals surface area contributed by atoms with Crippen LogP contribution in [0.3, 0.4) is 0 Å². The van der Waals surface area contributed by atoms with Gasteiger partial charge in [0.2, 0.25) is 0 Å². The van der Waals surface area contributed by atoms with Gasteiger partial charge >= 0.3 is 5.97 Å². The van der Waals surface area contributed by atoms with E-state index in [0.29, 0.717) is 12.1 Å². The first kappa shape index (κ1) is 16.7. The second-order valence-electron chi connectivity index (χ2n) is 7.29. The lowest BCUT2D eigenvalue weighted by molar-refractivity contribution is -0.145. The lowest BCUT2D eigenvalue weighted by atomic mass is 9.96. The zero-order chi connectivity index (χ0) is 15.6. The van der Waals surface area contributed by atoms with Crippen molar-refractivity contribution in [2.75, 3.05) is 26.7 Å². The van der Waals surface area contributed by atoms with Gasteiger partial charge in [-0.05, 0) is 66.6 Å². The minimum absolute atomic E-state index is 0.201. The van der Waals surface area contributed by atoms with Gasteiger partial charge < -0.3 is 10.0 Å². The third-order valence-corrected chi connectivity index (χ3v) is 5.03. The molecule has 2 N–H and O–H groups in total. The van der Waals surface area contributed by atoms with Gasteiger partial charge in [0.25, 0.3) is 0 Å². The molecule has 2 rings (SSSR count). The van der Waals surface area contributed by atoms with Gasteiger partial charge in [-0.15, -0.1) is 0 Å². The fraction of sp³-hybridized carbons (Fsp3) is 0.938. The SMILES string of the molecule is CC(C)NC1(C(=O)O)CCC(N2CCCN(C)CC2C)C1. The highest BCUT2D eigenvalue weighted by Crippen LogP contribution is 2.35. The first-order valence-corrected chi connectivity index (χ1v) is 8.29. The molecule has 21 heavy (non-hydrogen) atoms. The molecular formula is C16H31N3O2. The van der Waals surface area contributed by atoms with E-state index in [2.05, 4.69) is 29.1 Å². The first-order chi connectivity index (χ1) is 9.84. The summed E-state index contributed by atoms with van der Waals surface area (Å²) >= 11 is 0. The normalized spacial score (nSPS) is 36.0. The van der Waals surface area contributed by atoms with Crippen molar-refractivity contribution >= 4 is 5.97 Å². The van der Waals surface area contributed by atoms with Crippen molar-refractivity contribution in [1.29, 1.82) is 0 Å². The predicted octanol–water partition coefficient (Wildman–Crippen LogP) is 1.39. The maximum atomic E-state index is 11.8. The number of rotatable bonds is 4. The van der Waals surface area contributed by atoms with E-state index in [1.807, 2.05) is 13.8 Å². The second-order valence-corrected chi connectivity index (χ2v) is 7.29. The molecule has 1 aliphatic carbocycles. The standard InChI is InChI=1S/C16H31N3O2/c1-12(2)17-16(15(20)21)7-6-14(10-16)19-9-5-8-18(4)11-13(19)3/h12-14,17H,5-11H2,1-4H3,(H,20,21). The van der Waals surface area contributed by atoms with Gasteiger partial charge in [-0.25, -0.2) is 0 Å². The molecule has 0 radical (unpaired) electrons. The predicted molar refractivity (Wildman–Crippen MR) is 84.6 cm³/mol. The molecule has 3 unspecified atom stereocenters. The van der Waals surface area contributed by atoms with Crippen LogP contribution >= 0.6 is 0 Å². The Morgan fingerprint density at radius 2 is 2.10 bits per heavy atom. The minimum Gasteiger partial charge on any atom is -0.480 e. The van der Waals surface area contributed by atoms with Crippen LogP contribution < -0.4 is 5.32 Å². The highest BCUT2D eigenvalue weighted by Gasteiger charge is 2.47. The lowest BCUT2D eigenvalue weighted by Gasteiger charge is -2.35. The molecule has 122 valence electrons.